The highest BCUT2D eigenvalue weighted by Crippen LogP contribution is 2.27. The Kier molecular flexibility index (Phi) is 6.19. The van der Waals surface area contributed by atoms with Gasteiger partial charge in [0.05, 0.1) is 17.9 Å². The molecule has 1 aromatic heterocycles. The smallest absolute Gasteiger partial charge is 0.273 e. The van der Waals surface area contributed by atoms with Crippen LogP contribution in [0.2, 0.25) is 0 Å². The van der Waals surface area contributed by atoms with Crippen LogP contribution in [0.15, 0.2) is 65.8 Å². The Balaban J connectivity index is 1.61. The fourth-order valence-corrected chi connectivity index (χ4v) is 3.65. The zero-order valence-electron chi connectivity index (χ0n) is 19.3. The van der Waals surface area contributed by atoms with Crippen LogP contribution in [0.25, 0.3) is 0 Å². The number of nitrogens with one attached hydrogen (secondary N) is 1. The maximum atomic E-state index is 13.3. The predicted molar refractivity (Wildman–Crippen MR) is 129 cm³/mol. The molecule has 1 aliphatic rings. The second kappa shape index (κ2) is 9.09. The highest BCUT2D eigenvalue weighted by molar-refractivity contribution is 6.44. The molecule has 0 radical (unpaired) electrons. The van der Waals surface area contributed by atoms with Crippen molar-refractivity contribution in [2.75, 3.05) is 10.3 Å². The molecule has 3 aromatic rings. The molecule has 0 aliphatic carbocycles. The molecule has 34 heavy (non-hydrogen) atoms. The summed E-state index contributed by atoms with van der Waals surface area (Å²) in [4.78, 5) is 25.2. The van der Waals surface area contributed by atoms with E-state index in [0.29, 0.717) is 18.1 Å². The Morgan fingerprint density at radius 1 is 1.12 bits per heavy atom. The molecule has 0 fully saturated rings. The quantitative estimate of drug-likeness (QED) is 0.585. The predicted octanol–water partition coefficient (Wildman–Crippen LogP) is 3.43. The zero-order chi connectivity index (χ0) is 24.5. The van der Waals surface area contributed by atoms with Gasteiger partial charge in [-0.25, -0.2) is 9.07 Å². The Bertz CT molecular complexity index is 1230. The summed E-state index contributed by atoms with van der Waals surface area (Å²) in [6, 6.07) is 16.3. The first kappa shape index (κ1) is 23.2. The number of nitrogens with two attached hydrogens (primary N) is 1. The number of nitrogens with zero attached hydrogens (tertiary/aromatic N) is 4. The van der Waals surface area contributed by atoms with Crippen molar-refractivity contribution < 1.29 is 14.0 Å². The van der Waals surface area contributed by atoms with Gasteiger partial charge >= 0.3 is 0 Å². The minimum Gasteiger partial charge on any atom is -0.368 e. The molecule has 0 saturated carbocycles. The normalized spacial score (nSPS) is 15.8. The summed E-state index contributed by atoms with van der Waals surface area (Å²) in [7, 11) is 0. The van der Waals surface area contributed by atoms with Crippen molar-refractivity contribution in [1.82, 2.24) is 9.78 Å². The lowest BCUT2D eigenvalue weighted by molar-refractivity contribution is -0.119. The van der Waals surface area contributed by atoms with Gasteiger partial charge in [-0.2, -0.15) is 10.2 Å². The summed E-state index contributed by atoms with van der Waals surface area (Å²) in [5.74, 6) is -0.968. The first-order chi connectivity index (χ1) is 16.1. The van der Waals surface area contributed by atoms with Crippen molar-refractivity contribution >= 4 is 29.0 Å². The standard InChI is InChI=1S/C25H27FN6O2/c1-25(2,3)21-14-22(31(30-21)15-16-7-5-4-6-8-16)28-24(34)19-13-20(23(27)33)32(29-19)18-11-9-17(26)10-12-18/h4-12,14,20H,13,15H2,1-3H3,(H2,27,33)(H,28,34). The molecule has 0 bridgehead atoms. The summed E-state index contributed by atoms with van der Waals surface area (Å²) in [6.07, 6.45) is 0.0392. The highest BCUT2D eigenvalue weighted by atomic mass is 19.1. The van der Waals surface area contributed by atoms with Crippen LogP contribution in [0.1, 0.15) is 38.4 Å². The van der Waals surface area contributed by atoms with E-state index in [0.717, 1.165) is 11.3 Å². The molecule has 2 heterocycles. The first-order valence-electron chi connectivity index (χ1n) is 11.0. The van der Waals surface area contributed by atoms with Gasteiger partial charge in [0.1, 0.15) is 23.4 Å². The van der Waals surface area contributed by atoms with Crippen molar-refractivity contribution in [2.24, 2.45) is 10.8 Å². The van der Waals surface area contributed by atoms with E-state index < -0.39 is 23.7 Å². The van der Waals surface area contributed by atoms with Gasteiger partial charge in [-0.15, -0.1) is 0 Å². The topological polar surface area (TPSA) is 106 Å². The molecule has 176 valence electrons. The van der Waals surface area contributed by atoms with Crippen LogP contribution in [0, 0.1) is 5.82 Å². The molecule has 2 aromatic carbocycles. The van der Waals surface area contributed by atoms with E-state index in [-0.39, 0.29) is 17.5 Å². The first-order valence-corrected chi connectivity index (χ1v) is 11.0. The number of carbonyl (C=O) groups is 2. The van der Waals surface area contributed by atoms with Crippen LogP contribution < -0.4 is 16.1 Å². The molecule has 0 saturated heterocycles. The number of hydrazone groups is 1. The summed E-state index contributed by atoms with van der Waals surface area (Å²) in [5, 5.41) is 13.3. The van der Waals surface area contributed by atoms with Crippen molar-refractivity contribution in [3.05, 3.63) is 77.7 Å². The number of amides is 2. The summed E-state index contributed by atoms with van der Waals surface area (Å²) in [6.45, 7) is 6.62. The second-order valence-corrected chi connectivity index (χ2v) is 9.25. The van der Waals surface area contributed by atoms with E-state index in [1.54, 1.807) is 4.68 Å². The summed E-state index contributed by atoms with van der Waals surface area (Å²) in [5.41, 5.74) is 7.83. The van der Waals surface area contributed by atoms with Crippen molar-refractivity contribution in [2.45, 2.75) is 45.2 Å². The number of primary amides is 1. The van der Waals surface area contributed by atoms with E-state index in [1.807, 2.05) is 57.2 Å². The van der Waals surface area contributed by atoms with Crippen LogP contribution >= 0.6 is 0 Å². The van der Waals surface area contributed by atoms with Crippen LogP contribution in [0.3, 0.4) is 0 Å². The fraction of sp³-hybridized carbons (Fsp3) is 0.280. The number of aromatic nitrogens is 2. The molecule has 1 atom stereocenters. The van der Waals surface area contributed by atoms with E-state index in [2.05, 4.69) is 10.4 Å². The van der Waals surface area contributed by atoms with Crippen LogP contribution in [-0.2, 0) is 21.5 Å². The molecular weight excluding hydrogens is 435 g/mol. The lowest BCUT2D eigenvalue weighted by Gasteiger charge is -2.20. The van der Waals surface area contributed by atoms with Crippen LogP contribution in [-0.4, -0.2) is 33.3 Å². The van der Waals surface area contributed by atoms with E-state index in [9.17, 15) is 14.0 Å². The van der Waals surface area contributed by atoms with Gasteiger partial charge in [-0.05, 0) is 29.8 Å². The lowest BCUT2D eigenvalue weighted by atomic mass is 9.92. The van der Waals surface area contributed by atoms with Gasteiger partial charge in [0.25, 0.3) is 5.91 Å². The van der Waals surface area contributed by atoms with Crippen molar-refractivity contribution in [1.29, 1.82) is 0 Å². The lowest BCUT2D eigenvalue weighted by Crippen LogP contribution is -2.39. The number of halogens is 1. The molecule has 1 aliphatic heterocycles. The third-order valence-corrected chi connectivity index (χ3v) is 5.56. The Morgan fingerprint density at radius 3 is 2.41 bits per heavy atom. The van der Waals surface area contributed by atoms with E-state index >= 15 is 0 Å². The minimum atomic E-state index is -0.842. The van der Waals surface area contributed by atoms with Crippen molar-refractivity contribution in [3.8, 4) is 0 Å². The number of carbonyl (C=O) groups excluding carboxylic acids is 2. The second-order valence-electron chi connectivity index (χ2n) is 9.25. The monoisotopic (exact) mass is 462 g/mol. The van der Waals surface area contributed by atoms with Gasteiger partial charge in [-0.3, -0.25) is 14.6 Å². The minimum absolute atomic E-state index is 0.0392. The third-order valence-electron chi connectivity index (χ3n) is 5.56. The maximum absolute atomic E-state index is 13.3. The molecule has 9 heteroatoms. The fourth-order valence-electron chi connectivity index (χ4n) is 3.65. The Labute approximate surface area is 197 Å². The summed E-state index contributed by atoms with van der Waals surface area (Å²) >= 11 is 0. The van der Waals surface area contributed by atoms with Gasteiger partial charge in [0.15, 0.2) is 0 Å². The Hall–Kier alpha value is -4.01. The highest BCUT2D eigenvalue weighted by Gasteiger charge is 2.35. The Morgan fingerprint density at radius 2 is 1.79 bits per heavy atom. The number of benzene rings is 2. The number of hydrogen-bond donors (Lipinski definition) is 2. The molecule has 8 nitrogen and oxygen atoms in total. The van der Waals surface area contributed by atoms with Gasteiger partial charge in [-0.1, -0.05) is 51.1 Å². The molecule has 1 unspecified atom stereocenters. The third kappa shape index (κ3) is 4.98. The molecule has 3 N–H and O–H groups in total. The largest absolute Gasteiger partial charge is 0.368 e. The van der Waals surface area contributed by atoms with E-state index in [4.69, 9.17) is 10.8 Å². The maximum Gasteiger partial charge on any atom is 0.273 e. The van der Waals surface area contributed by atoms with Crippen molar-refractivity contribution in [3.63, 3.8) is 0 Å². The van der Waals surface area contributed by atoms with Gasteiger partial charge in [0, 0.05) is 17.9 Å². The SMILES string of the molecule is CC(C)(C)c1cc(NC(=O)C2=NN(c3ccc(F)cc3)C(C(N)=O)C2)n(Cc2ccccc2)n1. The number of anilines is 2. The van der Waals surface area contributed by atoms with E-state index in [1.165, 1.54) is 29.3 Å². The van der Waals surface area contributed by atoms with Gasteiger partial charge in [0.2, 0.25) is 5.91 Å². The summed E-state index contributed by atoms with van der Waals surface area (Å²) < 4.78 is 15.1. The number of rotatable bonds is 6. The molecular formula is C25H27FN6O2. The zero-order valence-corrected chi connectivity index (χ0v) is 19.3. The molecule has 4 rings (SSSR count). The van der Waals surface area contributed by atoms with Gasteiger partial charge < -0.3 is 11.1 Å². The average molecular weight is 463 g/mol. The van der Waals surface area contributed by atoms with Crippen LogP contribution in [0.4, 0.5) is 15.9 Å². The van der Waals surface area contributed by atoms with Crippen LogP contribution in [0.5, 0.6) is 0 Å². The molecule has 0 spiro atoms. The molecule has 2 amide bonds. The average Bonchev–Trinajstić information content (AvgIpc) is 3.40. The number of hydrogen-bond acceptors (Lipinski definition) is 5.